The Morgan fingerprint density at radius 1 is 0.717 bits per heavy atom. The second-order valence-corrected chi connectivity index (χ2v) is 17.7. The maximum absolute atomic E-state index is 15.2. The molecule has 9 atom stereocenters. The molecular weight excluding hydrogens is 661 g/mol. The third-order valence-corrected chi connectivity index (χ3v) is 13.7. The minimum atomic E-state index is -0.664. The molecule has 0 saturated heterocycles. The van der Waals surface area contributed by atoms with Crippen molar-refractivity contribution in [1.29, 1.82) is 0 Å². The van der Waals surface area contributed by atoms with Crippen LogP contribution in [0.2, 0.25) is 0 Å². The molecule has 2 aromatic rings. The van der Waals surface area contributed by atoms with Crippen LogP contribution in [-0.2, 0) is 0 Å². The van der Waals surface area contributed by atoms with Crippen LogP contribution in [0.5, 0.6) is 28.7 Å². The van der Waals surface area contributed by atoms with E-state index in [9.17, 15) is 0 Å². The summed E-state index contributed by atoms with van der Waals surface area (Å²) in [6.45, 7) is 19.3. The van der Waals surface area contributed by atoms with Gasteiger partial charge in [-0.25, -0.2) is 0 Å². The number of carbonyl (C=O) groups excluding carboxylic acids is 1. The number of ketones is 1. The summed E-state index contributed by atoms with van der Waals surface area (Å²) in [6.07, 6.45) is 10.6. The van der Waals surface area contributed by atoms with Crippen molar-refractivity contribution in [2.75, 3.05) is 28.4 Å². The quantitative estimate of drug-likeness (QED) is 0.180. The summed E-state index contributed by atoms with van der Waals surface area (Å²) < 4.78 is 30.0. The van der Waals surface area contributed by atoms with Crippen LogP contribution in [-0.4, -0.2) is 34.2 Å². The summed E-state index contributed by atoms with van der Waals surface area (Å²) in [7, 11) is 6.54. The molecule has 2 fully saturated rings. The van der Waals surface area contributed by atoms with Gasteiger partial charge in [0.25, 0.3) is 0 Å². The van der Waals surface area contributed by atoms with E-state index < -0.39 is 6.10 Å². The van der Waals surface area contributed by atoms with Crippen molar-refractivity contribution in [3.05, 3.63) is 52.6 Å². The second kappa shape index (κ2) is 18.0. The molecule has 2 aromatic carbocycles. The first-order chi connectivity index (χ1) is 25.3. The van der Waals surface area contributed by atoms with Gasteiger partial charge in [-0.05, 0) is 110 Å². The molecule has 0 amide bonds. The van der Waals surface area contributed by atoms with Gasteiger partial charge in [-0.3, -0.25) is 4.79 Å². The van der Waals surface area contributed by atoms with Crippen LogP contribution in [0.4, 0.5) is 0 Å². The molecule has 1 aliphatic heterocycles. The van der Waals surface area contributed by atoms with E-state index >= 15 is 4.79 Å². The minimum Gasteiger partial charge on any atom is -0.497 e. The lowest BCUT2D eigenvalue weighted by atomic mass is 9.62. The summed E-state index contributed by atoms with van der Waals surface area (Å²) >= 11 is 0. The molecule has 2 saturated carbocycles. The van der Waals surface area contributed by atoms with Crippen LogP contribution in [0.1, 0.15) is 135 Å². The molecular formula is C47H70O6. The van der Waals surface area contributed by atoms with Gasteiger partial charge in [0.2, 0.25) is 5.78 Å². The lowest BCUT2D eigenvalue weighted by molar-refractivity contribution is 0.0836. The number of allylic oxidation sites excluding steroid dienone is 1. The third kappa shape index (κ3) is 8.89. The van der Waals surface area contributed by atoms with Gasteiger partial charge in [-0.2, -0.15) is 0 Å². The smallest absolute Gasteiger partial charge is 0.200 e. The zero-order chi connectivity index (χ0) is 38.6. The Bertz CT molecular complexity index is 1570. The minimum absolute atomic E-state index is 0.0367. The summed E-state index contributed by atoms with van der Waals surface area (Å²) in [6, 6.07) is 9.38. The average molecular weight is 731 g/mol. The lowest BCUT2D eigenvalue weighted by Gasteiger charge is -2.44. The summed E-state index contributed by atoms with van der Waals surface area (Å²) in [5.41, 5.74) is 3.14. The third-order valence-electron chi connectivity index (χ3n) is 13.7. The van der Waals surface area contributed by atoms with E-state index in [1.54, 1.807) is 40.6 Å². The molecule has 5 rings (SSSR count). The molecule has 294 valence electrons. The van der Waals surface area contributed by atoms with Gasteiger partial charge in [0, 0.05) is 29.3 Å². The largest absolute Gasteiger partial charge is 0.497 e. The zero-order valence-corrected chi connectivity index (χ0v) is 35.1. The fraction of sp³-hybridized carbons (Fsp3) is 0.681. The van der Waals surface area contributed by atoms with Crippen molar-refractivity contribution >= 4 is 5.78 Å². The standard InChI is InChI=1S/C47H70O6/c1-27(2)35-19-16-29(5)22-39(35)31(7)14-13-15-37(40-23-30(6)17-20-36(40)28(3)4)32(8)44-46(48)45-42(52-12)25-34(50-10)26-43(45)53-47(44)38-21-18-33(49-9)24-41(38)51-11/h18,21,24-31,35-37,39-40,47H,13-17,19-20,22-23H2,1-12H3. The molecule has 0 radical (unpaired) electrons. The number of ether oxygens (including phenoxy) is 5. The summed E-state index contributed by atoms with van der Waals surface area (Å²) in [4.78, 5) is 15.2. The molecule has 0 bridgehead atoms. The molecule has 9 unspecified atom stereocenters. The fourth-order valence-electron chi connectivity index (χ4n) is 10.7. The van der Waals surface area contributed by atoms with Crippen molar-refractivity contribution in [2.24, 2.45) is 59.2 Å². The number of carbonyl (C=O) groups is 1. The van der Waals surface area contributed by atoms with Crippen LogP contribution in [0.25, 0.3) is 0 Å². The van der Waals surface area contributed by atoms with Crippen molar-refractivity contribution in [3.8, 4) is 28.7 Å². The molecule has 3 aliphatic rings. The second-order valence-electron chi connectivity index (χ2n) is 17.7. The Hall–Kier alpha value is -3.15. The maximum Gasteiger partial charge on any atom is 0.200 e. The predicted octanol–water partition coefficient (Wildman–Crippen LogP) is 12.2. The van der Waals surface area contributed by atoms with Crippen LogP contribution in [0.3, 0.4) is 0 Å². The highest BCUT2D eigenvalue weighted by atomic mass is 16.5. The lowest BCUT2D eigenvalue weighted by Crippen LogP contribution is -2.36. The van der Waals surface area contributed by atoms with Gasteiger partial charge in [0.1, 0.15) is 34.3 Å². The number of hydrogen-bond donors (Lipinski definition) is 0. The van der Waals surface area contributed by atoms with E-state index in [1.807, 2.05) is 18.2 Å². The number of Topliss-reactive ketones (excluding diaryl/α,β-unsaturated/α-hetero) is 1. The number of hydrogen-bond acceptors (Lipinski definition) is 6. The van der Waals surface area contributed by atoms with E-state index in [2.05, 4.69) is 55.4 Å². The van der Waals surface area contributed by atoms with Gasteiger partial charge in [0.05, 0.1) is 28.4 Å². The van der Waals surface area contributed by atoms with Gasteiger partial charge in [-0.1, -0.05) is 79.7 Å². The number of benzene rings is 2. The first-order valence-electron chi connectivity index (χ1n) is 20.7. The van der Waals surface area contributed by atoms with Crippen molar-refractivity contribution < 1.29 is 28.5 Å². The van der Waals surface area contributed by atoms with E-state index in [1.165, 1.54) is 44.9 Å². The molecule has 0 N–H and O–H groups in total. The molecule has 6 nitrogen and oxygen atoms in total. The molecule has 53 heavy (non-hydrogen) atoms. The highest BCUT2D eigenvalue weighted by molar-refractivity contribution is 6.14. The number of fused-ring (bicyclic) bond motifs is 1. The Labute approximate surface area is 321 Å². The monoisotopic (exact) mass is 731 g/mol. The van der Waals surface area contributed by atoms with E-state index in [0.717, 1.165) is 47.6 Å². The average Bonchev–Trinajstić information content (AvgIpc) is 3.14. The molecule has 0 aromatic heterocycles. The molecule has 2 aliphatic carbocycles. The summed E-state index contributed by atoms with van der Waals surface area (Å²) in [5.74, 6) is 9.21. The van der Waals surface area contributed by atoms with Gasteiger partial charge in [0.15, 0.2) is 6.10 Å². The Morgan fingerprint density at radius 3 is 1.89 bits per heavy atom. The van der Waals surface area contributed by atoms with E-state index in [-0.39, 0.29) is 11.7 Å². The SMILES string of the molecule is COc1ccc(C2Oc3cc(OC)cc(OC)c3C(=O)C2=C(C)C(CCCC(C)C2CC(C)CCC2C(C)C)C2CC(C)CCC2C(C)C)c(OC)c1. The maximum atomic E-state index is 15.2. The molecule has 0 spiro atoms. The number of methoxy groups -OCH3 is 4. The molecule has 1 heterocycles. The van der Waals surface area contributed by atoms with Gasteiger partial charge >= 0.3 is 0 Å². The van der Waals surface area contributed by atoms with E-state index in [4.69, 9.17) is 23.7 Å². The Balaban J connectivity index is 1.62. The van der Waals surface area contributed by atoms with Crippen molar-refractivity contribution in [3.63, 3.8) is 0 Å². The van der Waals surface area contributed by atoms with Crippen molar-refractivity contribution in [1.82, 2.24) is 0 Å². The fourth-order valence-corrected chi connectivity index (χ4v) is 10.7. The Morgan fingerprint density at radius 2 is 1.30 bits per heavy atom. The van der Waals surface area contributed by atoms with Crippen LogP contribution in [0, 0.1) is 59.2 Å². The first-order valence-corrected chi connectivity index (χ1v) is 20.7. The normalized spacial score (nSPS) is 28.2. The predicted molar refractivity (Wildman–Crippen MR) is 216 cm³/mol. The van der Waals surface area contributed by atoms with Crippen molar-refractivity contribution in [2.45, 2.75) is 119 Å². The number of rotatable bonds is 14. The Kier molecular flexibility index (Phi) is 13.9. The van der Waals surface area contributed by atoms with Crippen LogP contribution in [0.15, 0.2) is 41.5 Å². The highest BCUT2D eigenvalue weighted by Gasteiger charge is 2.43. The molecule has 6 heteroatoms. The summed E-state index contributed by atoms with van der Waals surface area (Å²) in [5, 5.41) is 0. The van der Waals surface area contributed by atoms with Gasteiger partial charge in [-0.15, -0.1) is 0 Å². The first kappa shape index (κ1) is 41.0. The zero-order valence-electron chi connectivity index (χ0n) is 35.1. The topological polar surface area (TPSA) is 63.2 Å². The van der Waals surface area contributed by atoms with Gasteiger partial charge < -0.3 is 23.7 Å². The van der Waals surface area contributed by atoms with E-state index in [0.29, 0.717) is 69.5 Å². The highest BCUT2D eigenvalue weighted by Crippen LogP contribution is 2.52. The van der Waals surface area contributed by atoms with Crippen LogP contribution >= 0.6 is 0 Å². The van der Waals surface area contributed by atoms with Crippen LogP contribution < -0.4 is 23.7 Å².